The van der Waals surface area contributed by atoms with Crippen LogP contribution in [0.15, 0.2) is 41.4 Å². The predicted octanol–water partition coefficient (Wildman–Crippen LogP) is 3.39. The van der Waals surface area contributed by atoms with E-state index < -0.39 is 0 Å². The summed E-state index contributed by atoms with van der Waals surface area (Å²) in [7, 11) is 0. The number of nitriles is 1. The fourth-order valence-electron chi connectivity index (χ4n) is 2.91. The van der Waals surface area contributed by atoms with Crippen LogP contribution in [0.5, 0.6) is 0 Å². The van der Waals surface area contributed by atoms with E-state index in [9.17, 15) is 10.1 Å². The number of hydrogen-bond donors (Lipinski definition) is 3. The molecule has 0 fully saturated rings. The fraction of sp³-hybridized carbons (Fsp3) is 0.0526. The van der Waals surface area contributed by atoms with Gasteiger partial charge in [0.05, 0.1) is 5.69 Å². The van der Waals surface area contributed by atoms with Gasteiger partial charge in [-0.05, 0) is 34.0 Å². The number of aromatic nitrogens is 2. The topological polar surface area (TPSA) is 131 Å². The zero-order valence-electron chi connectivity index (χ0n) is 14.5. The molecule has 0 saturated carbocycles. The molecule has 0 aromatic carbocycles. The molecular weight excluding hydrogens is 392 g/mol. The molecular formula is C19H14N6OS2. The lowest BCUT2D eigenvalue weighted by atomic mass is 9.99. The Morgan fingerprint density at radius 1 is 1.32 bits per heavy atom. The van der Waals surface area contributed by atoms with Crippen molar-refractivity contribution in [2.24, 2.45) is 0 Å². The number of carbonyl (C=O) groups excluding carboxylic acids is 1. The first-order valence-corrected chi connectivity index (χ1v) is 9.97. The number of rotatable bonds is 4. The summed E-state index contributed by atoms with van der Waals surface area (Å²) in [6.45, 7) is 0.330. The van der Waals surface area contributed by atoms with E-state index in [0.29, 0.717) is 32.9 Å². The first-order chi connectivity index (χ1) is 13.6. The van der Waals surface area contributed by atoms with Crippen LogP contribution < -0.4 is 16.8 Å². The summed E-state index contributed by atoms with van der Waals surface area (Å²) in [5, 5.41) is 16.8. The largest absolute Gasteiger partial charge is 0.397 e. The molecule has 0 aliphatic rings. The van der Waals surface area contributed by atoms with Gasteiger partial charge in [-0.3, -0.25) is 9.78 Å². The molecule has 1 amide bonds. The standard InChI is InChI=1S/C19H14N6OS2/c20-6-12-13(11-3-5-27-9-11)14-15(21)16(28-19(14)25-17(12)22)18(26)24-8-10-2-1-4-23-7-10/h1-5,7,9H,8,21H2,(H2,22,25)(H,24,26). The SMILES string of the molecule is N#Cc1c(N)nc2sc(C(=O)NCc3cccnc3)c(N)c2c1-c1ccsc1. The van der Waals surface area contributed by atoms with Crippen molar-refractivity contribution in [1.29, 1.82) is 5.26 Å². The zero-order chi connectivity index (χ0) is 19.7. The molecule has 0 atom stereocenters. The summed E-state index contributed by atoms with van der Waals surface area (Å²) < 4.78 is 0. The van der Waals surface area contributed by atoms with Crippen LogP contribution >= 0.6 is 22.7 Å². The van der Waals surface area contributed by atoms with Crippen molar-refractivity contribution >= 4 is 50.3 Å². The lowest BCUT2D eigenvalue weighted by Crippen LogP contribution is -2.22. The highest BCUT2D eigenvalue weighted by atomic mass is 32.1. The normalized spacial score (nSPS) is 10.7. The number of hydrogen-bond acceptors (Lipinski definition) is 8. The third kappa shape index (κ3) is 3.05. The minimum Gasteiger partial charge on any atom is -0.397 e. The van der Waals surface area contributed by atoms with Crippen molar-refractivity contribution in [3.8, 4) is 17.2 Å². The van der Waals surface area contributed by atoms with E-state index >= 15 is 0 Å². The van der Waals surface area contributed by atoms with Gasteiger partial charge < -0.3 is 16.8 Å². The Bertz CT molecular complexity index is 1210. The quantitative estimate of drug-likeness (QED) is 0.476. The van der Waals surface area contributed by atoms with Crippen LogP contribution in [0.3, 0.4) is 0 Å². The Balaban J connectivity index is 1.80. The Hall–Kier alpha value is -3.48. The summed E-state index contributed by atoms with van der Waals surface area (Å²) >= 11 is 2.66. The number of amides is 1. The molecule has 4 aromatic heterocycles. The second-order valence-electron chi connectivity index (χ2n) is 5.94. The zero-order valence-corrected chi connectivity index (χ0v) is 16.1. The minimum absolute atomic E-state index is 0.125. The highest BCUT2D eigenvalue weighted by molar-refractivity contribution is 7.21. The Morgan fingerprint density at radius 3 is 2.86 bits per heavy atom. The van der Waals surface area contributed by atoms with Crippen molar-refractivity contribution in [2.75, 3.05) is 11.5 Å². The average molecular weight is 406 g/mol. The van der Waals surface area contributed by atoms with E-state index in [0.717, 1.165) is 22.5 Å². The number of nitrogen functional groups attached to an aromatic ring is 2. The number of fused-ring (bicyclic) bond motifs is 1. The number of anilines is 2. The van der Waals surface area contributed by atoms with Gasteiger partial charge in [0.15, 0.2) is 0 Å². The first-order valence-electron chi connectivity index (χ1n) is 8.21. The molecule has 0 aliphatic heterocycles. The molecule has 7 nitrogen and oxygen atoms in total. The van der Waals surface area contributed by atoms with Crippen LogP contribution in [0.4, 0.5) is 11.5 Å². The lowest BCUT2D eigenvalue weighted by molar-refractivity contribution is 0.0956. The summed E-state index contributed by atoms with van der Waals surface area (Å²) in [5.74, 6) is -0.183. The number of nitrogens with zero attached hydrogens (tertiary/aromatic N) is 3. The van der Waals surface area contributed by atoms with Gasteiger partial charge in [0.2, 0.25) is 0 Å². The predicted molar refractivity (Wildman–Crippen MR) is 112 cm³/mol. The number of nitrogens with one attached hydrogen (secondary N) is 1. The number of thiophene rings is 2. The van der Waals surface area contributed by atoms with Crippen LogP contribution in [0.2, 0.25) is 0 Å². The molecule has 4 heterocycles. The second-order valence-corrected chi connectivity index (χ2v) is 7.72. The average Bonchev–Trinajstić information content (AvgIpc) is 3.34. The number of nitrogens with two attached hydrogens (primary N) is 2. The Morgan fingerprint density at radius 2 is 2.18 bits per heavy atom. The molecule has 0 radical (unpaired) electrons. The van der Waals surface area contributed by atoms with Gasteiger partial charge in [0.25, 0.3) is 5.91 Å². The summed E-state index contributed by atoms with van der Waals surface area (Å²) in [5.41, 5.74) is 15.2. The third-order valence-electron chi connectivity index (χ3n) is 4.21. The molecule has 138 valence electrons. The first kappa shape index (κ1) is 17.9. The van der Waals surface area contributed by atoms with Crippen molar-refractivity contribution in [3.05, 3.63) is 57.4 Å². The molecule has 5 N–H and O–H groups in total. The lowest BCUT2D eigenvalue weighted by Gasteiger charge is -2.08. The van der Waals surface area contributed by atoms with Gasteiger partial charge in [0.1, 0.15) is 27.2 Å². The molecule has 4 rings (SSSR count). The number of carbonyl (C=O) groups is 1. The van der Waals surface area contributed by atoms with Crippen molar-refractivity contribution in [1.82, 2.24) is 15.3 Å². The molecule has 0 bridgehead atoms. The van der Waals surface area contributed by atoms with Gasteiger partial charge in [-0.25, -0.2) is 4.98 Å². The van der Waals surface area contributed by atoms with Gasteiger partial charge in [-0.15, -0.1) is 11.3 Å². The van der Waals surface area contributed by atoms with E-state index in [-0.39, 0.29) is 17.3 Å². The third-order valence-corrected chi connectivity index (χ3v) is 5.99. The van der Waals surface area contributed by atoms with E-state index in [1.807, 2.05) is 22.9 Å². The van der Waals surface area contributed by atoms with E-state index in [4.69, 9.17) is 11.5 Å². The highest BCUT2D eigenvalue weighted by Gasteiger charge is 2.24. The van der Waals surface area contributed by atoms with Crippen LogP contribution in [-0.4, -0.2) is 15.9 Å². The summed E-state index contributed by atoms with van der Waals surface area (Å²) in [4.78, 5) is 21.9. The fourth-order valence-corrected chi connectivity index (χ4v) is 4.59. The van der Waals surface area contributed by atoms with Crippen molar-refractivity contribution in [3.63, 3.8) is 0 Å². The molecule has 0 unspecified atom stereocenters. The molecule has 9 heteroatoms. The second kappa shape index (κ2) is 7.26. The van der Waals surface area contributed by atoms with E-state index in [2.05, 4.69) is 21.4 Å². The van der Waals surface area contributed by atoms with Crippen LogP contribution in [0, 0.1) is 11.3 Å². The van der Waals surface area contributed by atoms with Gasteiger partial charge in [0, 0.05) is 29.9 Å². The highest BCUT2D eigenvalue weighted by Crippen LogP contribution is 2.42. The van der Waals surface area contributed by atoms with Crippen LogP contribution in [0.1, 0.15) is 20.8 Å². The van der Waals surface area contributed by atoms with Crippen LogP contribution in [-0.2, 0) is 6.54 Å². The maximum absolute atomic E-state index is 12.7. The van der Waals surface area contributed by atoms with Crippen LogP contribution in [0.25, 0.3) is 21.3 Å². The molecule has 0 spiro atoms. The van der Waals surface area contributed by atoms with Gasteiger partial charge >= 0.3 is 0 Å². The maximum atomic E-state index is 12.7. The maximum Gasteiger partial charge on any atom is 0.263 e. The molecule has 0 saturated heterocycles. The Labute approximate surface area is 168 Å². The minimum atomic E-state index is -0.308. The van der Waals surface area contributed by atoms with Crippen molar-refractivity contribution < 1.29 is 4.79 Å². The van der Waals surface area contributed by atoms with Gasteiger partial charge in [-0.2, -0.15) is 16.6 Å². The smallest absolute Gasteiger partial charge is 0.263 e. The molecule has 0 aliphatic carbocycles. The number of pyridine rings is 2. The van der Waals surface area contributed by atoms with E-state index in [1.165, 1.54) is 11.3 Å². The molecule has 28 heavy (non-hydrogen) atoms. The summed E-state index contributed by atoms with van der Waals surface area (Å²) in [6.07, 6.45) is 3.36. The van der Waals surface area contributed by atoms with Crippen molar-refractivity contribution in [2.45, 2.75) is 6.54 Å². The van der Waals surface area contributed by atoms with Gasteiger partial charge in [-0.1, -0.05) is 6.07 Å². The summed E-state index contributed by atoms with van der Waals surface area (Å²) in [6, 6.07) is 7.68. The molecule has 4 aromatic rings. The Kier molecular flexibility index (Phi) is 4.65. The monoisotopic (exact) mass is 406 g/mol. The van der Waals surface area contributed by atoms with E-state index in [1.54, 1.807) is 18.5 Å².